The SMILES string of the molecule is NC(=O)N1CCC2CNCC21. The lowest BCUT2D eigenvalue weighted by Gasteiger charge is -2.20. The summed E-state index contributed by atoms with van der Waals surface area (Å²) in [4.78, 5) is 12.6. The van der Waals surface area contributed by atoms with Gasteiger partial charge in [-0.05, 0) is 12.3 Å². The Hall–Kier alpha value is -0.770. The van der Waals surface area contributed by atoms with Crippen LogP contribution >= 0.6 is 0 Å². The van der Waals surface area contributed by atoms with Crippen LogP contribution in [0, 0.1) is 5.92 Å². The van der Waals surface area contributed by atoms with Crippen LogP contribution in [0.15, 0.2) is 0 Å². The smallest absolute Gasteiger partial charge is 0.315 e. The molecule has 0 aromatic carbocycles. The number of hydrogen-bond acceptors (Lipinski definition) is 2. The Kier molecular flexibility index (Phi) is 1.49. The van der Waals surface area contributed by atoms with E-state index in [-0.39, 0.29) is 6.03 Å². The van der Waals surface area contributed by atoms with E-state index in [9.17, 15) is 4.79 Å². The zero-order valence-corrected chi connectivity index (χ0v) is 6.42. The molecule has 11 heavy (non-hydrogen) atoms. The second kappa shape index (κ2) is 2.37. The molecule has 0 aliphatic carbocycles. The predicted molar refractivity (Wildman–Crippen MR) is 41.1 cm³/mol. The third-order valence-corrected chi connectivity index (χ3v) is 2.73. The van der Waals surface area contributed by atoms with Gasteiger partial charge < -0.3 is 16.0 Å². The van der Waals surface area contributed by atoms with Crippen LogP contribution in [0.4, 0.5) is 4.79 Å². The zero-order chi connectivity index (χ0) is 7.84. The van der Waals surface area contributed by atoms with Crippen molar-refractivity contribution in [2.75, 3.05) is 19.6 Å². The molecule has 62 valence electrons. The molecule has 2 aliphatic heterocycles. The van der Waals surface area contributed by atoms with Crippen molar-refractivity contribution in [3.05, 3.63) is 0 Å². The largest absolute Gasteiger partial charge is 0.351 e. The van der Waals surface area contributed by atoms with Gasteiger partial charge in [0.2, 0.25) is 0 Å². The second-order valence-electron chi connectivity index (χ2n) is 3.31. The van der Waals surface area contributed by atoms with Crippen molar-refractivity contribution in [2.24, 2.45) is 11.7 Å². The van der Waals surface area contributed by atoms with E-state index in [0.717, 1.165) is 26.1 Å². The highest BCUT2D eigenvalue weighted by Gasteiger charge is 2.38. The summed E-state index contributed by atoms with van der Waals surface area (Å²) in [5.74, 6) is 0.655. The Morgan fingerprint density at radius 1 is 1.55 bits per heavy atom. The summed E-state index contributed by atoms with van der Waals surface area (Å²) in [5.41, 5.74) is 5.21. The standard InChI is InChI=1S/C7H13N3O/c8-7(11)10-2-1-5-3-9-4-6(5)10/h5-6,9H,1-4H2,(H2,8,11). The highest BCUT2D eigenvalue weighted by Crippen LogP contribution is 2.26. The molecule has 2 saturated heterocycles. The third kappa shape index (κ3) is 0.976. The number of nitrogens with zero attached hydrogens (tertiary/aromatic N) is 1. The first-order valence-corrected chi connectivity index (χ1v) is 4.06. The number of fused-ring (bicyclic) bond motifs is 1. The van der Waals surface area contributed by atoms with E-state index >= 15 is 0 Å². The summed E-state index contributed by atoms with van der Waals surface area (Å²) in [7, 11) is 0. The topological polar surface area (TPSA) is 58.4 Å². The maximum absolute atomic E-state index is 10.9. The molecule has 2 amide bonds. The van der Waals surface area contributed by atoms with Gasteiger partial charge in [-0.1, -0.05) is 0 Å². The first-order valence-electron chi connectivity index (χ1n) is 4.06. The van der Waals surface area contributed by atoms with Gasteiger partial charge in [0.15, 0.2) is 0 Å². The number of nitrogens with two attached hydrogens (primary N) is 1. The van der Waals surface area contributed by atoms with E-state index < -0.39 is 0 Å². The minimum atomic E-state index is -0.263. The number of carbonyl (C=O) groups excluding carboxylic acids is 1. The molecule has 4 heteroatoms. The summed E-state index contributed by atoms with van der Waals surface area (Å²) in [6, 6.07) is 0.119. The van der Waals surface area contributed by atoms with Crippen molar-refractivity contribution in [1.29, 1.82) is 0 Å². The average molecular weight is 155 g/mol. The molecule has 4 nitrogen and oxygen atoms in total. The lowest BCUT2D eigenvalue weighted by atomic mass is 10.1. The fourth-order valence-corrected chi connectivity index (χ4v) is 2.12. The average Bonchev–Trinajstić information content (AvgIpc) is 2.41. The molecule has 0 saturated carbocycles. The van der Waals surface area contributed by atoms with Crippen molar-refractivity contribution >= 4 is 6.03 Å². The fourth-order valence-electron chi connectivity index (χ4n) is 2.12. The van der Waals surface area contributed by atoms with Crippen LogP contribution in [0.1, 0.15) is 6.42 Å². The molecule has 2 aliphatic rings. The molecule has 0 radical (unpaired) electrons. The van der Waals surface area contributed by atoms with Crippen LogP contribution in [-0.2, 0) is 0 Å². The van der Waals surface area contributed by atoms with E-state index in [4.69, 9.17) is 5.73 Å². The van der Waals surface area contributed by atoms with Crippen molar-refractivity contribution < 1.29 is 4.79 Å². The van der Waals surface area contributed by atoms with E-state index in [1.54, 1.807) is 4.90 Å². The quantitative estimate of drug-likeness (QED) is 0.489. The van der Waals surface area contributed by atoms with Gasteiger partial charge in [0.05, 0.1) is 0 Å². The molecule has 2 fully saturated rings. The van der Waals surface area contributed by atoms with Gasteiger partial charge in [0.1, 0.15) is 0 Å². The Bertz CT molecular complexity index is 183. The van der Waals surface area contributed by atoms with E-state index in [2.05, 4.69) is 5.32 Å². The number of urea groups is 1. The number of likely N-dealkylation sites (tertiary alicyclic amines) is 1. The molecule has 2 unspecified atom stereocenters. The van der Waals surface area contributed by atoms with E-state index in [1.165, 1.54) is 0 Å². The van der Waals surface area contributed by atoms with Crippen LogP contribution in [-0.4, -0.2) is 36.6 Å². The second-order valence-corrected chi connectivity index (χ2v) is 3.31. The van der Waals surface area contributed by atoms with Crippen LogP contribution < -0.4 is 11.1 Å². The Labute approximate surface area is 65.7 Å². The van der Waals surface area contributed by atoms with Gasteiger partial charge >= 0.3 is 6.03 Å². The van der Waals surface area contributed by atoms with Crippen LogP contribution in [0.25, 0.3) is 0 Å². The third-order valence-electron chi connectivity index (χ3n) is 2.73. The highest BCUT2D eigenvalue weighted by atomic mass is 16.2. The molecule has 0 aromatic heterocycles. The molecule has 2 heterocycles. The summed E-state index contributed by atoms with van der Waals surface area (Å²) < 4.78 is 0. The lowest BCUT2D eigenvalue weighted by molar-refractivity contribution is 0.202. The lowest BCUT2D eigenvalue weighted by Crippen LogP contribution is -2.42. The normalized spacial score (nSPS) is 35.8. The molecule has 0 bridgehead atoms. The zero-order valence-electron chi connectivity index (χ0n) is 6.42. The van der Waals surface area contributed by atoms with Gasteiger partial charge in [-0.25, -0.2) is 4.79 Å². The number of primary amides is 1. The number of carbonyl (C=O) groups is 1. The predicted octanol–water partition coefficient (Wildman–Crippen LogP) is -0.641. The number of amides is 2. The van der Waals surface area contributed by atoms with Gasteiger partial charge in [-0.15, -0.1) is 0 Å². The van der Waals surface area contributed by atoms with Crippen molar-refractivity contribution in [3.8, 4) is 0 Å². The van der Waals surface area contributed by atoms with Crippen LogP contribution in [0.3, 0.4) is 0 Å². The van der Waals surface area contributed by atoms with Gasteiger partial charge in [0, 0.05) is 25.7 Å². The summed E-state index contributed by atoms with van der Waals surface area (Å²) >= 11 is 0. The number of nitrogens with one attached hydrogen (secondary N) is 1. The molecule has 0 spiro atoms. The highest BCUT2D eigenvalue weighted by molar-refractivity contribution is 5.72. The maximum atomic E-state index is 10.9. The van der Waals surface area contributed by atoms with Crippen LogP contribution in [0.2, 0.25) is 0 Å². The molecule has 2 atom stereocenters. The number of hydrogen-bond donors (Lipinski definition) is 2. The van der Waals surface area contributed by atoms with Crippen LogP contribution in [0.5, 0.6) is 0 Å². The maximum Gasteiger partial charge on any atom is 0.315 e. The summed E-state index contributed by atoms with van der Waals surface area (Å²) in [6.45, 7) is 2.83. The molecule has 3 N–H and O–H groups in total. The van der Waals surface area contributed by atoms with Crippen molar-refractivity contribution in [2.45, 2.75) is 12.5 Å². The van der Waals surface area contributed by atoms with E-state index in [1.807, 2.05) is 0 Å². The Morgan fingerprint density at radius 3 is 3.09 bits per heavy atom. The summed E-state index contributed by atoms with van der Waals surface area (Å²) in [5, 5.41) is 3.26. The molecular formula is C7H13N3O. The summed E-state index contributed by atoms with van der Waals surface area (Å²) in [6.07, 6.45) is 1.11. The number of rotatable bonds is 0. The Morgan fingerprint density at radius 2 is 2.36 bits per heavy atom. The molecular weight excluding hydrogens is 142 g/mol. The fraction of sp³-hybridized carbons (Fsp3) is 0.857. The first-order chi connectivity index (χ1) is 5.29. The van der Waals surface area contributed by atoms with Gasteiger partial charge in [-0.3, -0.25) is 0 Å². The molecule has 2 rings (SSSR count). The van der Waals surface area contributed by atoms with Crippen molar-refractivity contribution in [1.82, 2.24) is 10.2 Å². The van der Waals surface area contributed by atoms with Gasteiger partial charge in [-0.2, -0.15) is 0 Å². The van der Waals surface area contributed by atoms with E-state index in [0.29, 0.717) is 12.0 Å². The van der Waals surface area contributed by atoms with Gasteiger partial charge in [0.25, 0.3) is 0 Å². The monoisotopic (exact) mass is 155 g/mol. The van der Waals surface area contributed by atoms with Crippen molar-refractivity contribution in [3.63, 3.8) is 0 Å². The minimum absolute atomic E-state index is 0.263. The first kappa shape index (κ1) is 6.91. The minimum Gasteiger partial charge on any atom is -0.351 e. The molecule has 0 aromatic rings. The Balaban J connectivity index is 2.08.